The summed E-state index contributed by atoms with van der Waals surface area (Å²) in [7, 11) is 0. The lowest BCUT2D eigenvalue weighted by Gasteiger charge is -2.25. The van der Waals surface area contributed by atoms with Gasteiger partial charge in [-0.2, -0.15) is 0 Å². The van der Waals surface area contributed by atoms with Gasteiger partial charge >= 0.3 is 0 Å². The maximum absolute atomic E-state index is 14.1. The lowest BCUT2D eigenvalue weighted by molar-refractivity contribution is -0.117. The predicted molar refractivity (Wildman–Crippen MR) is 153 cm³/mol. The van der Waals surface area contributed by atoms with Crippen molar-refractivity contribution in [2.45, 2.75) is 30.0 Å². The molecule has 8 nitrogen and oxygen atoms in total. The van der Waals surface area contributed by atoms with Crippen molar-refractivity contribution in [1.82, 2.24) is 10.2 Å². The number of carbonyl (C=O) groups is 2. The molecule has 1 unspecified atom stereocenters. The van der Waals surface area contributed by atoms with Crippen LogP contribution in [-0.4, -0.2) is 40.2 Å². The number of Topliss-reactive ketones (excluding diaryl/α,β-unsaturated/α-hetero) is 1. The number of ketones is 1. The molecular formula is C28H24FN3O5S3. The van der Waals surface area contributed by atoms with Crippen molar-refractivity contribution in [2.75, 3.05) is 18.1 Å². The number of anilines is 1. The van der Waals surface area contributed by atoms with E-state index in [-0.39, 0.29) is 16.5 Å². The van der Waals surface area contributed by atoms with Gasteiger partial charge in [0.1, 0.15) is 5.82 Å². The highest BCUT2D eigenvalue weighted by atomic mass is 32.2. The first-order chi connectivity index (χ1) is 19.4. The van der Waals surface area contributed by atoms with Gasteiger partial charge in [-0.1, -0.05) is 53.4 Å². The first-order valence-corrected chi connectivity index (χ1v) is 15.0. The number of amides is 1. The summed E-state index contributed by atoms with van der Waals surface area (Å²) in [4.78, 5) is 28.7. The first-order valence-electron chi connectivity index (χ1n) is 12.4. The molecule has 3 heterocycles. The van der Waals surface area contributed by atoms with E-state index in [4.69, 9.17) is 9.47 Å². The Morgan fingerprint density at radius 2 is 1.85 bits per heavy atom. The van der Waals surface area contributed by atoms with Gasteiger partial charge in [0.25, 0.3) is 5.91 Å². The van der Waals surface area contributed by atoms with E-state index in [1.54, 1.807) is 53.9 Å². The average Bonchev–Trinajstić information content (AvgIpc) is 3.70. The maximum atomic E-state index is 14.1. The highest BCUT2D eigenvalue weighted by Gasteiger charge is 2.46. The summed E-state index contributed by atoms with van der Waals surface area (Å²) in [5, 5.41) is 21.4. The van der Waals surface area contributed by atoms with E-state index >= 15 is 0 Å². The van der Waals surface area contributed by atoms with Crippen LogP contribution in [0.3, 0.4) is 0 Å². The molecule has 206 valence electrons. The van der Waals surface area contributed by atoms with E-state index in [0.29, 0.717) is 50.8 Å². The van der Waals surface area contributed by atoms with Gasteiger partial charge in [-0.05, 0) is 54.6 Å². The molecule has 0 radical (unpaired) electrons. The van der Waals surface area contributed by atoms with Crippen molar-refractivity contribution in [3.8, 4) is 11.5 Å². The molecule has 5 rings (SSSR count). The summed E-state index contributed by atoms with van der Waals surface area (Å²) >= 11 is 3.61. The Bertz CT molecular complexity index is 1570. The molecule has 0 fully saturated rings. The van der Waals surface area contributed by atoms with Crippen LogP contribution in [0.5, 0.6) is 11.5 Å². The Labute approximate surface area is 242 Å². The van der Waals surface area contributed by atoms with Crippen molar-refractivity contribution < 1.29 is 28.6 Å². The number of hydrogen-bond donors (Lipinski definition) is 1. The van der Waals surface area contributed by atoms with E-state index < -0.39 is 23.5 Å². The number of benzene rings is 2. The lowest BCUT2D eigenvalue weighted by Crippen LogP contribution is -2.31. The highest BCUT2D eigenvalue weighted by molar-refractivity contribution is 8.00. The Hall–Kier alpha value is -3.74. The number of aromatic nitrogens is 2. The molecule has 2 aromatic heterocycles. The van der Waals surface area contributed by atoms with Crippen molar-refractivity contribution in [2.24, 2.45) is 0 Å². The van der Waals surface area contributed by atoms with Crippen molar-refractivity contribution in [3.63, 3.8) is 0 Å². The number of aliphatic hydroxyl groups is 1. The summed E-state index contributed by atoms with van der Waals surface area (Å²) in [5.74, 6) is -0.904. The predicted octanol–water partition coefficient (Wildman–Crippen LogP) is 6.61. The van der Waals surface area contributed by atoms with Crippen molar-refractivity contribution >= 4 is 51.3 Å². The number of thiophene rings is 1. The molecule has 0 saturated heterocycles. The quantitative estimate of drug-likeness (QED) is 0.117. The largest absolute Gasteiger partial charge is 0.503 e. The molecule has 1 aliphatic rings. The van der Waals surface area contributed by atoms with Crippen LogP contribution in [0.4, 0.5) is 9.52 Å². The van der Waals surface area contributed by atoms with Crippen LogP contribution in [0, 0.1) is 5.82 Å². The van der Waals surface area contributed by atoms with Crippen molar-refractivity contribution in [1.29, 1.82) is 0 Å². The summed E-state index contributed by atoms with van der Waals surface area (Å²) in [6.07, 6.45) is 0. The minimum atomic E-state index is -0.991. The third-order valence-electron chi connectivity index (χ3n) is 5.99. The fourth-order valence-electron chi connectivity index (χ4n) is 4.24. The van der Waals surface area contributed by atoms with E-state index in [9.17, 15) is 19.1 Å². The van der Waals surface area contributed by atoms with Gasteiger partial charge in [0.15, 0.2) is 21.6 Å². The molecule has 4 aromatic rings. The third-order valence-corrected chi connectivity index (χ3v) is 8.97. The Morgan fingerprint density at radius 1 is 1.07 bits per heavy atom. The number of nitrogens with zero attached hydrogens (tertiary/aromatic N) is 3. The van der Waals surface area contributed by atoms with Gasteiger partial charge in [-0.25, -0.2) is 4.39 Å². The summed E-state index contributed by atoms with van der Waals surface area (Å²) < 4.78 is 26.1. The lowest BCUT2D eigenvalue weighted by atomic mass is 9.95. The third kappa shape index (κ3) is 5.47. The Kier molecular flexibility index (Phi) is 8.48. The summed E-state index contributed by atoms with van der Waals surface area (Å²) in [5.41, 5.74) is 0.982. The molecule has 0 bridgehead atoms. The number of rotatable bonds is 11. The number of halogens is 1. The normalized spacial score (nSPS) is 15.1. The van der Waals surface area contributed by atoms with Crippen molar-refractivity contribution in [3.05, 3.63) is 93.1 Å². The topological polar surface area (TPSA) is 102 Å². The number of hydrogen-bond acceptors (Lipinski definition) is 10. The second-order valence-corrected chi connectivity index (χ2v) is 11.6. The SMILES string of the molecule is CCOc1ccc(C2C(C(=O)c3cccs3)=C(O)C(=O)N2c2nnc(SCc3ccccc3F)s2)cc1OCC. The maximum Gasteiger partial charge on any atom is 0.296 e. The van der Waals surface area contributed by atoms with Crippen LogP contribution < -0.4 is 14.4 Å². The highest BCUT2D eigenvalue weighted by Crippen LogP contribution is 2.45. The molecule has 2 aromatic carbocycles. The van der Waals surface area contributed by atoms with Crippen LogP contribution in [0.25, 0.3) is 0 Å². The monoisotopic (exact) mass is 597 g/mol. The number of aliphatic hydroxyl groups excluding tert-OH is 1. The van der Waals surface area contributed by atoms with Crippen LogP contribution in [0.15, 0.2) is 75.6 Å². The van der Waals surface area contributed by atoms with E-state index in [0.717, 1.165) is 11.3 Å². The van der Waals surface area contributed by atoms with E-state index in [2.05, 4.69) is 10.2 Å². The standard InChI is InChI=1S/C28H24FN3O5S3/c1-3-36-19-12-11-16(14-20(19)37-4-2)23-22(24(33)21-10-7-13-38-21)25(34)26(35)32(23)27-30-31-28(40-27)39-15-17-8-5-6-9-18(17)29/h5-14,23,34H,3-4,15H2,1-2H3. The number of carbonyl (C=O) groups excluding carboxylic acids is 2. The molecular weight excluding hydrogens is 574 g/mol. The smallest absolute Gasteiger partial charge is 0.296 e. The Balaban J connectivity index is 1.54. The molecule has 1 aliphatic heterocycles. The van der Waals surface area contributed by atoms with Gasteiger partial charge < -0.3 is 14.6 Å². The Morgan fingerprint density at radius 3 is 2.58 bits per heavy atom. The summed E-state index contributed by atoms with van der Waals surface area (Å²) in [6, 6.07) is 14.0. The molecule has 0 spiro atoms. The molecule has 40 heavy (non-hydrogen) atoms. The van der Waals surface area contributed by atoms with Gasteiger partial charge in [0.2, 0.25) is 10.9 Å². The summed E-state index contributed by atoms with van der Waals surface area (Å²) in [6.45, 7) is 4.50. The van der Waals surface area contributed by atoms with Gasteiger partial charge in [0, 0.05) is 5.75 Å². The van der Waals surface area contributed by atoms with E-state index in [1.165, 1.54) is 34.1 Å². The first kappa shape index (κ1) is 27.8. The van der Waals surface area contributed by atoms with Gasteiger partial charge in [-0.3, -0.25) is 14.5 Å². The molecule has 12 heteroatoms. The zero-order chi connectivity index (χ0) is 28.2. The zero-order valence-corrected chi connectivity index (χ0v) is 23.9. The van der Waals surface area contributed by atoms with Crippen LogP contribution in [0.2, 0.25) is 0 Å². The zero-order valence-electron chi connectivity index (χ0n) is 21.5. The molecule has 1 atom stereocenters. The molecule has 1 amide bonds. The molecule has 0 aliphatic carbocycles. The molecule has 1 N–H and O–H groups in total. The fourth-order valence-corrected chi connectivity index (χ4v) is 6.77. The van der Waals surface area contributed by atoms with Crippen LogP contribution in [-0.2, 0) is 10.5 Å². The minimum Gasteiger partial charge on any atom is -0.503 e. The van der Waals surface area contributed by atoms with Gasteiger partial charge in [-0.15, -0.1) is 21.5 Å². The molecule has 0 saturated carbocycles. The number of thioether (sulfide) groups is 1. The van der Waals surface area contributed by atoms with Gasteiger partial charge in [0.05, 0.1) is 29.7 Å². The number of ether oxygens (including phenoxy) is 2. The second kappa shape index (κ2) is 12.2. The fraction of sp³-hybridized carbons (Fsp3) is 0.214. The second-order valence-electron chi connectivity index (χ2n) is 8.45. The van der Waals surface area contributed by atoms with E-state index in [1.807, 2.05) is 13.8 Å². The van der Waals surface area contributed by atoms with Crippen LogP contribution in [0.1, 0.15) is 40.7 Å². The average molecular weight is 598 g/mol. The minimum absolute atomic E-state index is 0.0604. The van der Waals surface area contributed by atoms with Crippen LogP contribution >= 0.6 is 34.4 Å².